The Morgan fingerprint density at radius 1 is 1.50 bits per heavy atom. The van der Waals surface area contributed by atoms with Gasteiger partial charge in [-0.2, -0.15) is 5.26 Å². The van der Waals surface area contributed by atoms with Gasteiger partial charge in [0.1, 0.15) is 5.54 Å². The van der Waals surface area contributed by atoms with E-state index < -0.39 is 5.54 Å². The van der Waals surface area contributed by atoms with E-state index in [1.165, 1.54) is 5.56 Å². The molecule has 0 heterocycles. The number of nitrogens with two attached hydrogens (primary N) is 1. The zero-order valence-electron chi connectivity index (χ0n) is 8.54. The topological polar surface area (TPSA) is 61.8 Å². The summed E-state index contributed by atoms with van der Waals surface area (Å²) in [5, 5.41) is 8.94. The lowest BCUT2D eigenvalue weighted by Gasteiger charge is -2.21. The lowest BCUT2D eigenvalue weighted by molar-refractivity contribution is 0.457. The highest BCUT2D eigenvalue weighted by Gasteiger charge is 2.22. The van der Waals surface area contributed by atoms with Crippen LogP contribution in [0, 0.1) is 18.3 Å². The first-order chi connectivity index (χ1) is 6.61. The molecule has 0 aromatic heterocycles. The third-order valence-corrected chi connectivity index (χ3v) is 2.37. The quantitative estimate of drug-likeness (QED) is 0.556. The Kier molecular flexibility index (Phi) is 3.23. The summed E-state index contributed by atoms with van der Waals surface area (Å²) in [5.74, 6) is 5.34. The summed E-state index contributed by atoms with van der Waals surface area (Å²) in [6.07, 6.45) is 0.618. The van der Waals surface area contributed by atoms with Crippen molar-refractivity contribution >= 4 is 0 Å². The number of nitriles is 1. The van der Waals surface area contributed by atoms with Gasteiger partial charge in [0.15, 0.2) is 0 Å². The van der Waals surface area contributed by atoms with Crippen LogP contribution in [0.5, 0.6) is 0 Å². The predicted molar refractivity (Wildman–Crippen MR) is 56.2 cm³/mol. The van der Waals surface area contributed by atoms with Crippen LogP contribution in [0.3, 0.4) is 0 Å². The van der Waals surface area contributed by atoms with E-state index in [4.69, 9.17) is 11.1 Å². The van der Waals surface area contributed by atoms with Crippen LogP contribution in [-0.4, -0.2) is 5.54 Å². The normalized spacial score (nSPS) is 14.4. The van der Waals surface area contributed by atoms with Crippen molar-refractivity contribution in [3.05, 3.63) is 35.4 Å². The largest absolute Gasteiger partial charge is 0.270 e. The average Bonchev–Trinajstić information content (AvgIpc) is 2.21. The summed E-state index contributed by atoms with van der Waals surface area (Å²) in [6, 6.07) is 10.2. The maximum Gasteiger partial charge on any atom is 0.119 e. The summed E-state index contributed by atoms with van der Waals surface area (Å²) in [7, 11) is 0. The van der Waals surface area contributed by atoms with Crippen LogP contribution in [0.15, 0.2) is 24.3 Å². The van der Waals surface area contributed by atoms with Crippen molar-refractivity contribution in [1.29, 1.82) is 5.26 Å². The first kappa shape index (κ1) is 10.7. The molecule has 0 radical (unpaired) electrons. The highest BCUT2D eigenvalue weighted by molar-refractivity contribution is 5.29. The predicted octanol–water partition coefficient (Wildman–Crippen LogP) is 1.28. The molecule has 3 N–H and O–H groups in total. The molecule has 0 fully saturated rings. The Balaban J connectivity index is 2.89. The van der Waals surface area contributed by atoms with Gasteiger partial charge in [0.25, 0.3) is 0 Å². The fourth-order valence-corrected chi connectivity index (χ4v) is 1.31. The second-order valence-corrected chi connectivity index (χ2v) is 3.69. The molecule has 0 aliphatic carbocycles. The molecule has 74 valence electrons. The second kappa shape index (κ2) is 4.23. The van der Waals surface area contributed by atoms with Crippen molar-refractivity contribution < 1.29 is 0 Å². The van der Waals surface area contributed by atoms with Gasteiger partial charge in [-0.3, -0.25) is 5.84 Å². The van der Waals surface area contributed by atoms with Crippen LogP contribution >= 0.6 is 0 Å². The standard InChI is InChI=1S/C11H15N3/c1-9-5-3-4-6-10(9)7-11(2,8-12)14-13/h3-6,14H,7,13H2,1-2H3. The molecule has 0 aliphatic rings. The zero-order valence-corrected chi connectivity index (χ0v) is 8.54. The van der Waals surface area contributed by atoms with Gasteiger partial charge < -0.3 is 0 Å². The van der Waals surface area contributed by atoms with Crippen LogP contribution in [-0.2, 0) is 6.42 Å². The molecule has 3 nitrogen and oxygen atoms in total. The third kappa shape index (κ3) is 2.32. The molecule has 0 saturated heterocycles. The van der Waals surface area contributed by atoms with Gasteiger partial charge in [-0.25, -0.2) is 5.43 Å². The Morgan fingerprint density at radius 2 is 2.14 bits per heavy atom. The molecular formula is C11H15N3. The fraction of sp³-hybridized carbons (Fsp3) is 0.364. The summed E-state index contributed by atoms with van der Waals surface area (Å²) in [5.41, 5.74) is 4.19. The van der Waals surface area contributed by atoms with Gasteiger partial charge in [0.2, 0.25) is 0 Å². The van der Waals surface area contributed by atoms with E-state index in [2.05, 4.69) is 11.5 Å². The summed E-state index contributed by atoms with van der Waals surface area (Å²) in [4.78, 5) is 0. The van der Waals surface area contributed by atoms with Crippen molar-refractivity contribution in [3.63, 3.8) is 0 Å². The van der Waals surface area contributed by atoms with Gasteiger partial charge in [-0.15, -0.1) is 0 Å². The van der Waals surface area contributed by atoms with E-state index in [0.29, 0.717) is 6.42 Å². The minimum absolute atomic E-state index is 0.618. The second-order valence-electron chi connectivity index (χ2n) is 3.69. The SMILES string of the molecule is Cc1ccccc1CC(C)(C#N)NN. The number of rotatable bonds is 3. The molecular weight excluding hydrogens is 174 g/mol. The van der Waals surface area contributed by atoms with Crippen LogP contribution in [0.25, 0.3) is 0 Å². The molecule has 0 bridgehead atoms. The zero-order chi connectivity index (χ0) is 10.6. The number of aryl methyl sites for hydroxylation is 1. The molecule has 3 heteroatoms. The highest BCUT2D eigenvalue weighted by atomic mass is 15.3. The Labute approximate surface area is 84.5 Å². The first-order valence-corrected chi connectivity index (χ1v) is 4.55. The highest BCUT2D eigenvalue weighted by Crippen LogP contribution is 2.15. The molecule has 0 amide bonds. The van der Waals surface area contributed by atoms with E-state index >= 15 is 0 Å². The maximum absolute atomic E-state index is 8.94. The van der Waals surface area contributed by atoms with E-state index in [9.17, 15) is 0 Å². The molecule has 14 heavy (non-hydrogen) atoms. The molecule has 1 rings (SSSR count). The molecule has 0 saturated carbocycles. The average molecular weight is 189 g/mol. The summed E-state index contributed by atoms with van der Waals surface area (Å²) >= 11 is 0. The molecule has 1 aromatic rings. The van der Waals surface area contributed by atoms with Crippen molar-refractivity contribution in [2.75, 3.05) is 0 Å². The third-order valence-electron chi connectivity index (χ3n) is 2.37. The Morgan fingerprint density at radius 3 is 2.64 bits per heavy atom. The van der Waals surface area contributed by atoms with Crippen molar-refractivity contribution in [2.24, 2.45) is 5.84 Å². The van der Waals surface area contributed by atoms with Crippen LogP contribution in [0.2, 0.25) is 0 Å². The lowest BCUT2D eigenvalue weighted by Crippen LogP contribution is -2.47. The smallest absolute Gasteiger partial charge is 0.119 e. The molecule has 1 unspecified atom stereocenters. The molecule has 0 aliphatic heterocycles. The summed E-state index contributed by atoms with van der Waals surface area (Å²) < 4.78 is 0. The number of hydrazine groups is 1. The van der Waals surface area contributed by atoms with Gasteiger partial charge in [0.05, 0.1) is 6.07 Å². The van der Waals surface area contributed by atoms with E-state index in [-0.39, 0.29) is 0 Å². The monoisotopic (exact) mass is 189 g/mol. The van der Waals surface area contributed by atoms with Crippen molar-refractivity contribution in [1.82, 2.24) is 5.43 Å². The fourth-order valence-electron chi connectivity index (χ4n) is 1.31. The lowest BCUT2D eigenvalue weighted by atomic mass is 9.93. The first-order valence-electron chi connectivity index (χ1n) is 4.55. The molecule has 1 atom stereocenters. The van der Waals surface area contributed by atoms with E-state index in [1.54, 1.807) is 6.92 Å². The van der Waals surface area contributed by atoms with Gasteiger partial charge in [0, 0.05) is 6.42 Å². The molecule has 1 aromatic carbocycles. The Bertz CT molecular complexity index is 354. The number of nitrogens with one attached hydrogen (secondary N) is 1. The van der Waals surface area contributed by atoms with Crippen molar-refractivity contribution in [3.8, 4) is 6.07 Å². The minimum Gasteiger partial charge on any atom is -0.270 e. The number of hydrogen-bond donors (Lipinski definition) is 2. The van der Waals surface area contributed by atoms with Crippen LogP contribution in [0.1, 0.15) is 18.1 Å². The maximum atomic E-state index is 8.94. The number of nitrogens with zero attached hydrogens (tertiary/aromatic N) is 1. The Hall–Kier alpha value is -1.37. The van der Waals surface area contributed by atoms with Crippen molar-refractivity contribution in [2.45, 2.75) is 25.8 Å². The number of hydrogen-bond acceptors (Lipinski definition) is 3. The van der Waals surface area contributed by atoms with Gasteiger partial charge in [-0.1, -0.05) is 24.3 Å². The number of benzene rings is 1. The van der Waals surface area contributed by atoms with Gasteiger partial charge in [-0.05, 0) is 25.0 Å². The van der Waals surface area contributed by atoms with E-state index in [1.807, 2.05) is 31.2 Å². The summed E-state index contributed by atoms with van der Waals surface area (Å²) in [6.45, 7) is 3.82. The molecule has 0 spiro atoms. The van der Waals surface area contributed by atoms with E-state index in [0.717, 1.165) is 5.56 Å². The minimum atomic E-state index is -0.688. The van der Waals surface area contributed by atoms with Gasteiger partial charge >= 0.3 is 0 Å². The van der Waals surface area contributed by atoms with Crippen LogP contribution < -0.4 is 11.3 Å². The van der Waals surface area contributed by atoms with Crippen LogP contribution in [0.4, 0.5) is 0 Å².